The van der Waals surface area contributed by atoms with E-state index in [9.17, 15) is 9.90 Å². The Kier molecular flexibility index (Phi) is 6.63. The first-order valence-electron chi connectivity index (χ1n) is 9.97. The maximum atomic E-state index is 11.2. The van der Waals surface area contributed by atoms with Gasteiger partial charge in [-0.2, -0.15) is 0 Å². The number of carbonyl (C=O) groups is 1. The number of aromatic carboxylic acids is 1. The fourth-order valence-corrected chi connectivity index (χ4v) is 3.87. The molecular weight excluding hydrogens is 398 g/mol. The first-order valence-corrected chi connectivity index (χ1v) is 10.3. The molecule has 156 valence electrons. The maximum absolute atomic E-state index is 11.2. The number of carboxylic acids is 1. The molecule has 0 amide bonds. The van der Waals surface area contributed by atoms with Gasteiger partial charge in [0.2, 0.25) is 0 Å². The fourth-order valence-electron chi connectivity index (χ4n) is 3.61. The van der Waals surface area contributed by atoms with Gasteiger partial charge in [-0.25, -0.2) is 4.79 Å². The average Bonchev–Trinajstić information content (AvgIpc) is 3.01. The van der Waals surface area contributed by atoms with E-state index in [4.69, 9.17) is 11.6 Å². The van der Waals surface area contributed by atoms with Gasteiger partial charge in [-0.1, -0.05) is 11.6 Å². The summed E-state index contributed by atoms with van der Waals surface area (Å²) in [7, 11) is 0. The van der Waals surface area contributed by atoms with Crippen molar-refractivity contribution in [1.82, 2.24) is 4.57 Å². The molecule has 1 heterocycles. The number of hydrogen-bond donors (Lipinski definition) is 1. The molecule has 2 aromatic carbocycles. The lowest BCUT2D eigenvalue weighted by atomic mass is 10.2. The molecule has 0 fully saturated rings. The summed E-state index contributed by atoms with van der Waals surface area (Å²) >= 11 is 6.16. The number of nitrogens with zero attached hydrogens (tertiary/aromatic N) is 3. The molecule has 0 aliphatic heterocycles. The summed E-state index contributed by atoms with van der Waals surface area (Å²) in [5.74, 6) is -1.03. The van der Waals surface area contributed by atoms with Crippen LogP contribution in [0.2, 0.25) is 5.02 Å². The Labute approximate surface area is 182 Å². The van der Waals surface area contributed by atoms with Gasteiger partial charge in [0.05, 0.1) is 16.3 Å². The predicted octanol–water partition coefficient (Wildman–Crippen LogP) is 6.04. The van der Waals surface area contributed by atoms with Crippen LogP contribution < -0.4 is 4.90 Å². The van der Waals surface area contributed by atoms with Crippen LogP contribution in [0.15, 0.2) is 53.5 Å². The van der Waals surface area contributed by atoms with E-state index in [1.54, 1.807) is 12.1 Å². The molecule has 0 radical (unpaired) electrons. The van der Waals surface area contributed by atoms with Crippen LogP contribution >= 0.6 is 11.6 Å². The molecule has 1 aromatic heterocycles. The average molecular weight is 424 g/mol. The molecular formula is C24H26ClN3O2. The summed E-state index contributed by atoms with van der Waals surface area (Å²) in [5.41, 5.74) is 6.03. The smallest absolute Gasteiger partial charge is 0.337 e. The van der Waals surface area contributed by atoms with Gasteiger partial charge in [-0.15, -0.1) is 0 Å². The lowest BCUT2D eigenvalue weighted by molar-refractivity contribution is 0.0697. The van der Waals surface area contributed by atoms with Crippen LogP contribution in [-0.4, -0.2) is 34.9 Å². The molecule has 1 N–H and O–H groups in total. The zero-order chi connectivity index (χ0) is 21.8. The molecule has 0 unspecified atom stereocenters. The first kappa shape index (κ1) is 21.7. The van der Waals surface area contributed by atoms with E-state index in [1.807, 2.05) is 36.8 Å². The highest BCUT2D eigenvalue weighted by molar-refractivity contribution is 6.33. The van der Waals surface area contributed by atoms with E-state index in [0.717, 1.165) is 41.4 Å². The third-order valence-electron chi connectivity index (χ3n) is 5.24. The van der Waals surface area contributed by atoms with Crippen molar-refractivity contribution in [2.75, 3.05) is 18.0 Å². The Bertz CT molecular complexity index is 1080. The van der Waals surface area contributed by atoms with Crippen molar-refractivity contribution in [3.8, 4) is 5.69 Å². The lowest BCUT2D eigenvalue weighted by Gasteiger charge is -2.20. The van der Waals surface area contributed by atoms with Crippen molar-refractivity contribution in [2.45, 2.75) is 27.7 Å². The topological polar surface area (TPSA) is 57.8 Å². The van der Waals surface area contributed by atoms with Crippen LogP contribution in [0.1, 0.15) is 41.2 Å². The number of hydrogen-bond acceptors (Lipinski definition) is 3. The molecule has 0 aliphatic carbocycles. The molecule has 0 spiro atoms. The molecule has 0 atom stereocenters. The molecule has 0 saturated carbocycles. The first-order chi connectivity index (χ1) is 14.3. The number of aliphatic imine (C=N–C) groups is 1. The Morgan fingerprint density at radius 3 is 2.33 bits per heavy atom. The third kappa shape index (κ3) is 4.41. The van der Waals surface area contributed by atoms with Gasteiger partial charge < -0.3 is 14.6 Å². The van der Waals surface area contributed by atoms with Crippen molar-refractivity contribution in [1.29, 1.82) is 0 Å². The second kappa shape index (κ2) is 9.18. The zero-order valence-corrected chi connectivity index (χ0v) is 18.4. The van der Waals surface area contributed by atoms with E-state index in [0.29, 0.717) is 0 Å². The molecule has 3 aromatic rings. The van der Waals surface area contributed by atoms with Crippen molar-refractivity contribution in [2.24, 2.45) is 4.99 Å². The minimum absolute atomic E-state index is 0.0952. The number of halogens is 1. The number of benzene rings is 2. The number of rotatable bonds is 7. The van der Waals surface area contributed by atoms with Gasteiger partial charge in [-0.05, 0) is 76.2 Å². The van der Waals surface area contributed by atoms with E-state index in [1.165, 1.54) is 11.8 Å². The second-order valence-corrected chi connectivity index (χ2v) is 7.49. The number of aromatic nitrogens is 1. The van der Waals surface area contributed by atoms with Crippen LogP contribution in [-0.2, 0) is 0 Å². The largest absolute Gasteiger partial charge is 0.478 e. The van der Waals surface area contributed by atoms with Gasteiger partial charge in [0.15, 0.2) is 0 Å². The maximum Gasteiger partial charge on any atom is 0.337 e. The van der Waals surface area contributed by atoms with Crippen LogP contribution in [0, 0.1) is 13.8 Å². The minimum Gasteiger partial charge on any atom is -0.478 e. The van der Waals surface area contributed by atoms with Crippen molar-refractivity contribution < 1.29 is 9.90 Å². The summed E-state index contributed by atoms with van der Waals surface area (Å²) in [4.78, 5) is 18.1. The van der Waals surface area contributed by atoms with Gasteiger partial charge in [0, 0.05) is 47.6 Å². The summed E-state index contributed by atoms with van der Waals surface area (Å²) in [6, 6.07) is 15.3. The van der Waals surface area contributed by atoms with E-state index < -0.39 is 5.97 Å². The third-order valence-corrected chi connectivity index (χ3v) is 5.56. The fraction of sp³-hybridized carbons (Fsp3) is 0.250. The Morgan fingerprint density at radius 2 is 1.77 bits per heavy atom. The van der Waals surface area contributed by atoms with Gasteiger partial charge in [0.1, 0.15) is 0 Å². The van der Waals surface area contributed by atoms with E-state index in [2.05, 4.69) is 41.9 Å². The van der Waals surface area contributed by atoms with Gasteiger partial charge >= 0.3 is 5.97 Å². The van der Waals surface area contributed by atoms with Gasteiger partial charge in [-0.3, -0.25) is 4.99 Å². The summed E-state index contributed by atoms with van der Waals surface area (Å²) in [5, 5.41) is 9.40. The molecule has 3 rings (SSSR count). The Morgan fingerprint density at radius 1 is 1.10 bits per heavy atom. The van der Waals surface area contributed by atoms with Crippen molar-refractivity contribution >= 4 is 35.2 Å². The Balaban J connectivity index is 1.87. The normalized spacial score (nSPS) is 11.2. The molecule has 5 nitrogen and oxygen atoms in total. The van der Waals surface area contributed by atoms with Crippen molar-refractivity contribution in [3.63, 3.8) is 0 Å². The monoisotopic (exact) mass is 423 g/mol. The van der Waals surface area contributed by atoms with Crippen LogP contribution in [0.25, 0.3) is 5.69 Å². The van der Waals surface area contributed by atoms with Crippen LogP contribution in [0.3, 0.4) is 0 Å². The summed E-state index contributed by atoms with van der Waals surface area (Å²) in [6.07, 6.45) is 1.86. The molecule has 0 saturated heterocycles. The lowest BCUT2D eigenvalue weighted by Crippen LogP contribution is -2.21. The van der Waals surface area contributed by atoms with Crippen LogP contribution in [0.4, 0.5) is 11.4 Å². The number of anilines is 1. The number of aryl methyl sites for hydroxylation is 1. The summed E-state index contributed by atoms with van der Waals surface area (Å²) in [6.45, 7) is 10.3. The SMILES string of the molecule is CCN(CC)c1ccc(N=Cc2cc(C)n(-c3ccc(C(=O)O)c(Cl)c3)c2C)cc1. The highest BCUT2D eigenvalue weighted by Crippen LogP contribution is 2.26. The molecule has 0 aliphatic rings. The predicted molar refractivity (Wildman–Crippen MR) is 124 cm³/mol. The zero-order valence-electron chi connectivity index (χ0n) is 17.7. The highest BCUT2D eigenvalue weighted by Gasteiger charge is 2.13. The van der Waals surface area contributed by atoms with Gasteiger partial charge in [0.25, 0.3) is 0 Å². The highest BCUT2D eigenvalue weighted by atomic mass is 35.5. The molecule has 0 bridgehead atoms. The standard InChI is InChI=1S/C24H26ClN3O2/c1-5-27(6-2)20-9-7-19(8-10-20)26-15-18-13-16(3)28(17(18)4)21-11-12-22(24(29)30)23(25)14-21/h7-15H,5-6H2,1-4H3,(H,29,30). The quantitative estimate of drug-likeness (QED) is 0.471. The Hall–Kier alpha value is -3.05. The second-order valence-electron chi connectivity index (χ2n) is 7.08. The number of carboxylic acid groups (broad SMARTS) is 1. The van der Waals surface area contributed by atoms with Crippen molar-refractivity contribution in [3.05, 3.63) is 76.1 Å². The summed E-state index contributed by atoms with van der Waals surface area (Å²) < 4.78 is 2.04. The molecule has 6 heteroatoms. The van der Waals surface area contributed by atoms with E-state index in [-0.39, 0.29) is 10.6 Å². The van der Waals surface area contributed by atoms with E-state index >= 15 is 0 Å². The van der Waals surface area contributed by atoms with Crippen LogP contribution in [0.5, 0.6) is 0 Å². The molecule has 30 heavy (non-hydrogen) atoms. The minimum atomic E-state index is -1.03.